The summed E-state index contributed by atoms with van der Waals surface area (Å²) >= 11 is 0. The van der Waals surface area contributed by atoms with Crippen LogP contribution in [0.4, 0.5) is 5.69 Å². The summed E-state index contributed by atoms with van der Waals surface area (Å²) in [5, 5.41) is 13.3. The summed E-state index contributed by atoms with van der Waals surface area (Å²) in [7, 11) is 3.90. The second-order valence-electron chi connectivity index (χ2n) is 7.91. The van der Waals surface area contributed by atoms with E-state index in [1.807, 2.05) is 0 Å². The van der Waals surface area contributed by atoms with Gasteiger partial charge in [0.2, 0.25) is 0 Å². The average molecular weight is 383 g/mol. The number of likely N-dealkylation sites (N-methyl/N-ethyl adjacent to an activating group) is 1. The van der Waals surface area contributed by atoms with Gasteiger partial charge in [0.15, 0.2) is 0 Å². The SMILES string of the molecule is CCC(C)c1ccc(OC)c(N(C)C2C(CCO)CNC2c2ccccc2)c1. The van der Waals surface area contributed by atoms with Crippen molar-refractivity contribution in [2.75, 3.05) is 32.2 Å². The van der Waals surface area contributed by atoms with Gasteiger partial charge in [-0.1, -0.05) is 50.2 Å². The highest BCUT2D eigenvalue weighted by atomic mass is 16.5. The molecule has 0 bridgehead atoms. The molecule has 2 N–H and O–H groups in total. The molecule has 4 unspecified atom stereocenters. The third-order valence-corrected chi connectivity index (χ3v) is 6.29. The van der Waals surface area contributed by atoms with Crippen molar-refractivity contribution < 1.29 is 9.84 Å². The largest absolute Gasteiger partial charge is 0.495 e. The second-order valence-corrected chi connectivity index (χ2v) is 7.91. The number of methoxy groups -OCH3 is 1. The summed E-state index contributed by atoms with van der Waals surface area (Å²) in [6, 6.07) is 17.6. The second kappa shape index (κ2) is 9.44. The van der Waals surface area contributed by atoms with Gasteiger partial charge in [0.1, 0.15) is 5.75 Å². The fourth-order valence-corrected chi connectivity index (χ4v) is 4.43. The predicted octanol–water partition coefficient (Wildman–Crippen LogP) is 4.36. The molecule has 0 radical (unpaired) electrons. The summed E-state index contributed by atoms with van der Waals surface area (Å²) in [4.78, 5) is 2.36. The standard InChI is InChI=1S/C24H34N2O2/c1-5-17(2)19-11-12-22(28-4)21(15-19)26(3)24-20(13-14-27)16-25-23(24)18-9-7-6-8-10-18/h6-12,15,17,20,23-25,27H,5,13-14,16H2,1-4H3. The number of aliphatic hydroxyl groups excluding tert-OH is 1. The molecule has 4 nitrogen and oxygen atoms in total. The van der Waals surface area contributed by atoms with Gasteiger partial charge in [0.25, 0.3) is 0 Å². The van der Waals surface area contributed by atoms with Gasteiger partial charge in [-0.2, -0.15) is 0 Å². The Balaban J connectivity index is 2.00. The summed E-state index contributed by atoms with van der Waals surface area (Å²) in [5.41, 5.74) is 3.75. The first-order valence-electron chi connectivity index (χ1n) is 10.4. The molecule has 0 spiro atoms. The molecule has 1 aliphatic rings. The van der Waals surface area contributed by atoms with E-state index in [4.69, 9.17) is 4.74 Å². The zero-order valence-electron chi connectivity index (χ0n) is 17.6. The third-order valence-electron chi connectivity index (χ3n) is 6.29. The van der Waals surface area contributed by atoms with E-state index in [9.17, 15) is 5.11 Å². The number of rotatable bonds is 8. The van der Waals surface area contributed by atoms with Crippen LogP contribution < -0.4 is 15.0 Å². The number of ether oxygens (including phenoxy) is 1. The van der Waals surface area contributed by atoms with Crippen LogP contribution in [-0.4, -0.2) is 38.5 Å². The van der Waals surface area contributed by atoms with Crippen molar-refractivity contribution in [1.82, 2.24) is 5.32 Å². The molecule has 0 saturated carbocycles. The molecule has 0 aliphatic carbocycles. The van der Waals surface area contributed by atoms with E-state index in [-0.39, 0.29) is 18.7 Å². The monoisotopic (exact) mass is 382 g/mol. The van der Waals surface area contributed by atoms with Crippen molar-refractivity contribution >= 4 is 5.69 Å². The van der Waals surface area contributed by atoms with Crippen molar-refractivity contribution in [3.63, 3.8) is 0 Å². The third kappa shape index (κ3) is 4.18. The summed E-state index contributed by atoms with van der Waals surface area (Å²) in [5.74, 6) is 1.78. The first-order chi connectivity index (χ1) is 13.6. The van der Waals surface area contributed by atoms with Crippen molar-refractivity contribution in [3.8, 4) is 5.75 Å². The number of anilines is 1. The minimum absolute atomic E-state index is 0.211. The molecule has 1 fully saturated rings. The Morgan fingerprint density at radius 3 is 2.61 bits per heavy atom. The molecule has 1 aliphatic heterocycles. The van der Waals surface area contributed by atoms with E-state index in [1.165, 1.54) is 11.1 Å². The van der Waals surface area contributed by atoms with Gasteiger partial charge in [-0.05, 0) is 47.9 Å². The molecule has 0 aromatic heterocycles. The lowest BCUT2D eigenvalue weighted by molar-refractivity contribution is 0.252. The van der Waals surface area contributed by atoms with E-state index in [2.05, 4.69) is 79.6 Å². The van der Waals surface area contributed by atoms with Gasteiger partial charge in [-0.15, -0.1) is 0 Å². The Morgan fingerprint density at radius 2 is 1.96 bits per heavy atom. The molecular weight excluding hydrogens is 348 g/mol. The average Bonchev–Trinajstić information content (AvgIpc) is 3.16. The van der Waals surface area contributed by atoms with Gasteiger partial charge in [-0.25, -0.2) is 0 Å². The first kappa shape index (κ1) is 20.7. The minimum Gasteiger partial charge on any atom is -0.495 e. The van der Waals surface area contributed by atoms with Crippen molar-refractivity contribution in [1.29, 1.82) is 0 Å². The van der Waals surface area contributed by atoms with Crippen LogP contribution in [-0.2, 0) is 0 Å². The van der Waals surface area contributed by atoms with Gasteiger partial charge in [0, 0.05) is 20.2 Å². The van der Waals surface area contributed by atoms with Crippen LogP contribution in [0.1, 0.15) is 49.8 Å². The Labute approximate surface area is 169 Å². The molecule has 4 heteroatoms. The van der Waals surface area contributed by atoms with Crippen LogP contribution in [0, 0.1) is 5.92 Å². The maximum Gasteiger partial charge on any atom is 0.142 e. The maximum atomic E-state index is 9.63. The molecule has 28 heavy (non-hydrogen) atoms. The normalized spacial score (nSPS) is 22.8. The molecule has 3 rings (SSSR count). The minimum atomic E-state index is 0.211. The summed E-state index contributed by atoms with van der Waals surface area (Å²) < 4.78 is 5.72. The summed E-state index contributed by atoms with van der Waals surface area (Å²) in [6.07, 6.45) is 1.90. The number of benzene rings is 2. The molecule has 2 aromatic carbocycles. The predicted molar refractivity (Wildman–Crippen MR) is 116 cm³/mol. The number of hydrogen-bond donors (Lipinski definition) is 2. The van der Waals surface area contributed by atoms with Crippen LogP contribution in [0.3, 0.4) is 0 Å². The smallest absolute Gasteiger partial charge is 0.142 e. The van der Waals surface area contributed by atoms with E-state index < -0.39 is 0 Å². The molecule has 152 valence electrons. The Bertz CT molecular complexity index is 750. The van der Waals surface area contributed by atoms with Gasteiger partial charge in [-0.3, -0.25) is 0 Å². The number of aliphatic hydroxyl groups is 1. The van der Waals surface area contributed by atoms with Crippen molar-refractivity contribution in [2.24, 2.45) is 5.92 Å². The summed E-state index contributed by atoms with van der Waals surface area (Å²) in [6.45, 7) is 5.61. The fraction of sp³-hybridized carbons (Fsp3) is 0.500. The maximum absolute atomic E-state index is 9.63. The zero-order chi connectivity index (χ0) is 20.1. The van der Waals surface area contributed by atoms with Crippen LogP contribution in [0.5, 0.6) is 5.75 Å². The lowest BCUT2D eigenvalue weighted by Gasteiger charge is -2.36. The van der Waals surface area contributed by atoms with Gasteiger partial charge < -0.3 is 20.1 Å². The Kier molecular flexibility index (Phi) is 6.97. The topological polar surface area (TPSA) is 44.7 Å². The van der Waals surface area contributed by atoms with Gasteiger partial charge in [0.05, 0.1) is 24.9 Å². The highest BCUT2D eigenvalue weighted by molar-refractivity contribution is 5.61. The van der Waals surface area contributed by atoms with E-state index in [0.717, 1.165) is 30.8 Å². The van der Waals surface area contributed by atoms with Crippen LogP contribution in [0.2, 0.25) is 0 Å². The first-order valence-corrected chi connectivity index (χ1v) is 10.4. The fourth-order valence-electron chi connectivity index (χ4n) is 4.43. The number of hydrogen-bond acceptors (Lipinski definition) is 4. The highest BCUT2D eigenvalue weighted by Crippen LogP contribution is 2.40. The quantitative estimate of drug-likeness (QED) is 0.712. The molecule has 4 atom stereocenters. The zero-order valence-corrected chi connectivity index (χ0v) is 17.6. The Hall–Kier alpha value is -2.04. The highest BCUT2D eigenvalue weighted by Gasteiger charge is 2.39. The van der Waals surface area contributed by atoms with Gasteiger partial charge >= 0.3 is 0 Å². The molecular formula is C24H34N2O2. The van der Waals surface area contributed by atoms with E-state index in [1.54, 1.807) is 7.11 Å². The molecule has 2 aromatic rings. The van der Waals surface area contributed by atoms with Crippen LogP contribution >= 0.6 is 0 Å². The van der Waals surface area contributed by atoms with E-state index >= 15 is 0 Å². The lowest BCUT2D eigenvalue weighted by atomic mass is 9.90. The molecule has 1 heterocycles. The number of nitrogens with one attached hydrogen (secondary N) is 1. The molecule has 0 amide bonds. The van der Waals surface area contributed by atoms with Crippen LogP contribution in [0.15, 0.2) is 48.5 Å². The lowest BCUT2D eigenvalue weighted by Crippen LogP contribution is -2.40. The molecule has 1 saturated heterocycles. The van der Waals surface area contributed by atoms with Crippen molar-refractivity contribution in [3.05, 3.63) is 59.7 Å². The van der Waals surface area contributed by atoms with E-state index in [0.29, 0.717) is 11.8 Å². The van der Waals surface area contributed by atoms with Crippen LogP contribution in [0.25, 0.3) is 0 Å². The Morgan fingerprint density at radius 1 is 1.21 bits per heavy atom. The van der Waals surface area contributed by atoms with Crippen molar-refractivity contribution in [2.45, 2.75) is 44.7 Å². The number of nitrogens with zero attached hydrogens (tertiary/aromatic N) is 1.